The highest BCUT2D eigenvalue weighted by atomic mass is 16.5. The fourth-order valence-corrected chi connectivity index (χ4v) is 2.85. The standard InChI is InChI=1S/C11H19NO2/c13-8-11(3-4-11)7-12-5-9-1-2-10(6-12)14-9/h9-10,13H,1-8H2/t9-,10+. The predicted molar refractivity (Wildman–Crippen MR) is 53.1 cm³/mol. The van der Waals surface area contributed by atoms with Crippen LogP contribution >= 0.6 is 0 Å². The van der Waals surface area contributed by atoms with Crippen molar-refractivity contribution < 1.29 is 9.84 Å². The summed E-state index contributed by atoms with van der Waals surface area (Å²) in [4.78, 5) is 2.51. The van der Waals surface area contributed by atoms with Crippen LogP contribution in [0.2, 0.25) is 0 Å². The summed E-state index contributed by atoms with van der Waals surface area (Å²) < 4.78 is 5.79. The van der Waals surface area contributed by atoms with Gasteiger partial charge in [0, 0.05) is 31.7 Å². The average Bonchev–Trinajstić information content (AvgIpc) is 2.88. The van der Waals surface area contributed by atoms with Crippen LogP contribution < -0.4 is 0 Å². The van der Waals surface area contributed by atoms with Gasteiger partial charge in [-0.1, -0.05) is 0 Å². The largest absolute Gasteiger partial charge is 0.396 e. The molecule has 0 aromatic rings. The molecule has 80 valence electrons. The molecule has 3 aliphatic rings. The molecule has 0 radical (unpaired) electrons. The van der Waals surface area contributed by atoms with Crippen LogP contribution in [0.5, 0.6) is 0 Å². The number of nitrogens with zero attached hydrogens (tertiary/aromatic N) is 1. The van der Waals surface area contributed by atoms with Crippen LogP contribution in [0.1, 0.15) is 25.7 Å². The molecular formula is C11H19NO2. The SMILES string of the molecule is OCC1(CN2C[C@H]3CC[C@@H](C2)O3)CC1. The molecule has 0 aromatic carbocycles. The minimum Gasteiger partial charge on any atom is -0.396 e. The van der Waals surface area contributed by atoms with E-state index in [9.17, 15) is 5.11 Å². The first-order valence-electron chi connectivity index (χ1n) is 5.78. The van der Waals surface area contributed by atoms with E-state index in [4.69, 9.17) is 4.74 Å². The zero-order valence-electron chi connectivity index (χ0n) is 8.61. The Morgan fingerprint density at radius 3 is 2.36 bits per heavy atom. The number of likely N-dealkylation sites (tertiary alicyclic amines) is 1. The lowest BCUT2D eigenvalue weighted by atomic mass is 10.1. The molecule has 0 unspecified atom stereocenters. The number of hydrogen-bond acceptors (Lipinski definition) is 3. The molecule has 3 nitrogen and oxygen atoms in total. The molecule has 1 aliphatic carbocycles. The van der Waals surface area contributed by atoms with Crippen molar-refractivity contribution in [2.24, 2.45) is 5.41 Å². The van der Waals surface area contributed by atoms with E-state index in [1.807, 2.05) is 0 Å². The van der Waals surface area contributed by atoms with Gasteiger partial charge in [-0.3, -0.25) is 4.90 Å². The fourth-order valence-electron chi connectivity index (χ4n) is 2.85. The maximum Gasteiger partial charge on any atom is 0.0707 e. The van der Waals surface area contributed by atoms with Crippen molar-refractivity contribution in [2.75, 3.05) is 26.2 Å². The zero-order chi connectivity index (χ0) is 9.60. The maximum atomic E-state index is 9.28. The van der Waals surface area contributed by atoms with Crippen molar-refractivity contribution in [1.82, 2.24) is 4.90 Å². The Morgan fingerprint density at radius 2 is 1.86 bits per heavy atom. The number of fused-ring (bicyclic) bond motifs is 2. The van der Waals surface area contributed by atoms with E-state index in [0.717, 1.165) is 19.6 Å². The number of hydrogen-bond donors (Lipinski definition) is 1. The Bertz CT molecular complexity index is 215. The molecule has 14 heavy (non-hydrogen) atoms. The van der Waals surface area contributed by atoms with Crippen LogP contribution in [0.15, 0.2) is 0 Å². The minimum absolute atomic E-state index is 0.275. The third-order valence-corrected chi connectivity index (χ3v) is 3.97. The summed E-state index contributed by atoms with van der Waals surface area (Å²) in [5.41, 5.74) is 0.275. The molecule has 0 amide bonds. The summed E-state index contributed by atoms with van der Waals surface area (Å²) in [7, 11) is 0. The van der Waals surface area contributed by atoms with Crippen molar-refractivity contribution in [3.8, 4) is 0 Å². The van der Waals surface area contributed by atoms with E-state index in [0.29, 0.717) is 18.8 Å². The summed E-state index contributed by atoms with van der Waals surface area (Å²) in [5, 5.41) is 9.28. The topological polar surface area (TPSA) is 32.7 Å². The van der Waals surface area contributed by atoms with Gasteiger partial charge >= 0.3 is 0 Å². The van der Waals surface area contributed by atoms with Crippen LogP contribution in [-0.4, -0.2) is 48.5 Å². The molecule has 2 heterocycles. The van der Waals surface area contributed by atoms with Crippen LogP contribution in [-0.2, 0) is 4.74 Å². The summed E-state index contributed by atoms with van der Waals surface area (Å²) in [6, 6.07) is 0. The van der Waals surface area contributed by atoms with Crippen LogP contribution in [0.25, 0.3) is 0 Å². The van der Waals surface area contributed by atoms with Gasteiger partial charge in [-0.2, -0.15) is 0 Å². The molecule has 1 N–H and O–H groups in total. The van der Waals surface area contributed by atoms with E-state index >= 15 is 0 Å². The number of rotatable bonds is 3. The van der Waals surface area contributed by atoms with Crippen LogP contribution in [0.3, 0.4) is 0 Å². The Morgan fingerprint density at radius 1 is 1.21 bits per heavy atom. The molecular weight excluding hydrogens is 178 g/mol. The van der Waals surface area contributed by atoms with Crippen molar-refractivity contribution in [1.29, 1.82) is 0 Å². The average molecular weight is 197 g/mol. The Kier molecular flexibility index (Phi) is 2.08. The molecule has 3 fully saturated rings. The minimum atomic E-state index is 0.275. The van der Waals surface area contributed by atoms with Crippen LogP contribution in [0, 0.1) is 5.41 Å². The lowest BCUT2D eigenvalue weighted by Gasteiger charge is -2.34. The summed E-state index contributed by atoms with van der Waals surface area (Å²) in [6.07, 6.45) is 5.90. The maximum absolute atomic E-state index is 9.28. The van der Waals surface area contributed by atoms with Crippen molar-refractivity contribution >= 4 is 0 Å². The highest BCUT2D eigenvalue weighted by Gasteiger charge is 2.45. The van der Waals surface area contributed by atoms with E-state index in [1.165, 1.54) is 25.7 Å². The second-order valence-electron chi connectivity index (χ2n) is 5.31. The lowest BCUT2D eigenvalue weighted by molar-refractivity contribution is -0.0464. The quantitative estimate of drug-likeness (QED) is 0.720. The van der Waals surface area contributed by atoms with Gasteiger partial charge in [0.15, 0.2) is 0 Å². The van der Waals surface area contributed by atoms with Gasteiger partial charge < -0.3 is 9.84 Å². The van der Waals surface area contributed by atoms with E-state index in [-0.39, 0.29) is 5.41 Å². The van der Waals surface area contributed by atoms with Gasteiger partial charge in [-0.15, -0.1) is 0 Å². The third kappa shape index (κ3) is 1.58. The number of aliphatic hydroxyl groups is 1. The highest BCUT2D eigenvalue weighted by Crippen LogP contribution is 2.46. The van der Waals surface area contributed by atoms with Crippen molar-refractivity contribution in [3.63, 3.8) is 0 Å². The Hall–Kier alpha value is -0.120. The molecule has 2 saturated heterocycles. The van der Waals surface area contributed by atoms with Crippen molar-refractivity contribution in [2.45, 2.75) is 37.9 Å². The number of ether oxygens (including phenoxy) is 1. The van der Waals surface area contributed by atoms with Gasteiger partial charge in [0.1, 0.15) is 0 Å². The smallest absolute Gasteiger partial charge is 0.0707 e. The van der Waals surface area contributed by atoms with Gasteiger partial charge in [0.25, 0.3) is 0 Å². The number of morpholine rings is 1. The molecule has 0 aromatic heterocycles. The molecule has 2 bridgehead atoms. The van der Waals surface area contributed by atoms with Crippen LogP contribution in [0.4, 0.5) is 0 Å². The first-order chi connectivity index (χ1) is 6.80. The van der Waals surface area contributed by atoms with E-state index in [1.54, 1.807) is 0 Å². The molecule has 0 spiro atoms. The predicted octanol–water partition coefficient (Wildman–Crippen LogP) is 0.622. The Balaban J connectivity index is 1.59. The van der Waals surface area contributed by atoms with E-state index in [2.05, 4.69) is 4.90 Å². The normalized spacial score (nSPS) is 40.1. The van der Waals surface area contributed by atoms with E-state index < -0.39 is 0 Å². The molecule has 1 saturated carbocycles. The van der Waals surface area contributed by atoms with Gasteiger partial charge in [0.05, 0.1) is 12.2 Å². The summed E-state index contributed by atoms with van der Waals surface area (Å²) in [6.45, 7) is 3.66. The molecule has 2 atom stereocenters. The first kappa shape index (κ1) is 9.13. The zero-order valence-corrected chi connectivity index (χ0v) is 8.61. The molecule has 3 rings (SSSR count). The summed E-state index contributed by atoms with van der Waals surface area (Å²) >= 11 is 0. The molecule has 2 aliphatic heterocycles. The van der Waals surface area contributed by atoms with Gasteiger partial charge in [-0.25, -0.2) is 0 Å². The second kappa shape index (κ2) is 3.19. The lowest BCUT2D eigenvalue weighted by Crippen LogP contribution is -2.45. The van der Waals surface area contributed by atoms with Gasteiger partial charge in [0.2, 0.25) is 0 Å². The van der Waals surface area contributed by atoms with Crippen molar-refractivity contribution in [3.05, 3.63) is 0 Å². The second-order valence-corrected chi connectivity index (χ2v) is 5.31. The Labute approximate surface area is 85.0 Å². The summed E-state index contributed by atoms with van der Waals surface area (Å²) in [5.74, 6) is 0. The highest BCUT2D eigenvalue weighted by molar-refractivity contribution is 4.97. The third-order valence-electron chi connectivity index (χ3n) is 3.97. The monoisotopic (exact) mass is 197 g/mol. The number of aliphatic hydroxyl groups excluding tert-OH is 1. The fraction of sp³-hybridized carbons (Fsp3) is 1.00. The van der Waals surface area contributed by atoms with Gasteiger partial charge in [-0.05, 0) is 25.7 Å². The first-order valence-corrected chi connectivity index (χ1v) is 5.78. The molecule has 3 heteroatoms.